The highest BCUT2D eigenvalue weighted by Crippen LogP contribution is 2.25. The third-order valence-electron chi connectivity index (χ3n) is 3.95. The molecule has 4 rings (SSSR count). The summed E-state index contributed by atoms with van der Waals surface area (Å²) < 4.78 is 1.98. The lowest BCUT2D eigenvalue weighted by molar-refractivity contribution is -0.114. The molecule has 1 N–H and O–H groups in total. The van der Waals surface area contributed by atoms with E-state index < -0.39 is 0 Å². The average molecular weight is 328 g/mol. The van der Waals surface area contributed by atoms with Gasteiger partial charge in [0.25, 0.3) is 0 Å². The minimum atomic E-state index is -0.0854. The fraction of sp³-hybridized carbons (Fsp3) is 0.0500. The fourth-order valence-electron chi connectivity index (χ4n) is 2.83. The number of nitrogens with one attached hydrogen (secondary N) is 1. The summed E-state index contributed by atoms with van der Waals surface area (Å²) in [6, 6.07) is 21.7. The second-order valence-corrected chi connectivity index (χ2v) is 5.80. The SMILES string of the molecule is CC(=O)Nc1cccc(-c2ccc3nnc(-c4ccccc4)n3c2)c1. The molecule has 0 saturated carbocycles. The molecule has 2 heterocycles. The Morgan fingerprint density at radius 3 is 2.48 bits per heavy atom. The standard InChI is InChI=1S/C20H16N4O/c1-14(25)21-18-9-5-8-16(12-18)17-10-11-19-22-23-20(24(19)13-17)15-6-3-2-4-7-15/h2-13H,1H3,(H,21,25). The van der Waals surface area contributed by atoms with Crippen molar-refractivity contribution in [3.05, 3.63) is 72.9 Å². The van der Waals surface area contributed by atoms with Crippen LogP contribution in [0, 0.1) is 0 Å². The molecule has 0 saturated heterocycles. The van der Waals surface area contributed by atoms with Gasteiger partial charge in [-0.15, -0.1) is 10.2 Å². The highest BCUT2D eigenvalue weighted by molar-refractivity contribution is 5.89. The first-order valence-corrected chi connectivity index (χ1v) is 7.99. The molecule has 122 valence electrons. The van der Waals surface area contributed by atoms with Gasteiger partial charge in [-0.25, -0.2) is 0 Å². The van der Waals surface area contributed by atoms with Crippen molar-refractivity contribution in [3.63, 3.8) is 0 Å². The second kappa shape index (κ2) is 6.20. The van der Waals surface area contributed by atoms with Gasteiger partial charge < -0.3 is 5.32 Å². The number of carbonyl (C=O) groups excluding carboxylic acids is 1. The van der Waals surface area contributed by atoms with E-state index in [0.717, 1.165) is 33.8 Å². The van der Waals surface area contributed by atoms with Crippen LogP contribution in [-0.4, -0.2) is 20.5 Å². The summed E-state index contributed by atoms with van der Waals surface area (Å²) in [5.74, 6) is 0.716. The molecule has 0 spiro atoms. The number of hydrogen-bond donors (Lipinski definition) is 1. The van der Waals surface area contributed by atoms with Gasteiger partial charge in [0.15, 0.2) is 11.5 Å². The lowest BCUT2D eigenvalue weighted by Crippen LogP contribution is -2.05. The normalized spacial score (nSPS) is 10.8. The van der Waals surface area contributed by atoms with E-state index in [9.17, 15) is 4.79 Å². The van der Waals surface area contributed by atoms with E-state index in [0.29, 0.717) is 0 Å². The maximum Gasteiger partial charge on any atom is 0.221 e. The molecule has 0 aliphatic heterocycles. The first-order chi connectivity index (χ1) is 12.2. The number of fused-ring (bicyclic) bond motifs is 1. The Balaban J connectivity index is 1.80. The van der Waals surface area contributed by atoms with Crippen LogP contribution in [0.5, 0.6) is 0 Å². The molecule has 0 aliphatic rings. The molecule has 5 nitrogen and oxygen atoms in total. The topological polar surface area (TPSA) is 59.3 Å². The van der Waals surface area contributed by atoms with Gasteiger partial charge >= 0.3 is 0 Å². The van der Waals surface area contributed by atoms with E-state index in [-0.39, 0.29) is 5.91 Å². The Morgan fingerprint density at radius 1 is 0.880 bits per heavy atom. The van der Waals surface area contributed by atoms with Crippen molar-refractivity contribution >= 4 is 17.2 Å². The van der Waals surface area contributed by atoms with Gasteiger partial charge in [0.05, 0.1) is 0 Å². The number of carbonyl (C=O) groups is 1. The summed E-state index contributed by atoms with van der Waals surface area (Å²) >= 11 is 0. The maximum atomic E-state index is 11.3. The smallest absolute Gasteiger partial charge is 0.221 e. The molecule has 2 aromatic carbocycles. The molecule has 0 unspecified atom stereocenters. The third-order valence-corrected chi connectivity index (χ3v) is 3.95. The number of nitrogens with zero attached hydrogens (tertiary/aromatic N) is 3. The van der Waals surface area contributed by atoms with E-state index in [1.165, 1.54) is 6.92 Å². The Bertz CT molecular complexity index is 1050. The lowest BCUT2D eigenvalue weighted by Gasteiger charge is -2.07. The van der Waals surface area contributed by atoms with Gasteiger partial charge in [-0.05, 0) is 35.4 Å². The van der Waals surface area contributed by atoms with E-state index in [1.54, 1.807) is 0 Å². The first-order valence-electron chi connectivity index (χ1n) is 7.99. The Labute approximate surface area is 145 Å². The number of amides is 1. The third kappa shape index (κ3) is 2.99. The van der Waals surface area contributed by atoms with Crippen molar-refractivity contribution in [3.8, 4) is 22.5 Å². The minimum absolute atomic E-state index is 0.0854. The van der Waals surface area contributed by atoms with Gasteiger partial charge in [-0.2, -0.15) is 0 Å². The summed E-state index contributed by atoms with van der Waals surface area (Å²) in [6.07, 6.45) is 2.02. The Hall–Kier alpha value is -3.47. The zero-order chi connectivity index (χ0) is 17.2. The van der Waals surface area contributed by atoms with E-state index in [4.69, 9.17) is 0 Å². The van der Waals surface area contributed by atoms with Crippen LogP contribution in [0.1, 0.15) is 6.92 Å². The number of pyridine rings is 1. The van der Waals surface area contributed by atoms with Crippen molar-refractivity contribution in [1.29, 1.82) is 0 Å². The number of benzene rings is 2. The zero-order valence-electron chi connectivity index (χ0n) is 13.7. The second-order valence-electron chi connectivity index (χ2n) is 5.80. The summed E-state index contributed by atoms with van der Waals surface area (Å²) in [5.41, 5.74) is 4.62. The van der Waals surface area contributed by atoms with Crippen molar-refractivity contribution in [2.75, 3.05) is 5.32 Å². The van der Waals surface area contributed by atoms with E-state index in [1.807, 2.05) is 77.3 Å². The van der Waals surface area contributed by atoms with Gasteiger partial charge in [-0.1, -0.05) is 42.5 Å². The predicted octanol–water partition coefficient (Wildman–Crippen LogP) is 4.02. The Morgan fingerprint density at radius 2 is 1.68 bits per heavy atom. The van der Waals surface area contributed by atoms with Crippen LogP contribution in [0.15, 0.2) is 72.9 Å². The average Bonchev–Trinajstić information content (AvgIpc) is 3.05. The molecule has 0 radical (unpaired) electrons. The van der Waals surface area contributed by atoms with E-state index in [2.05, 4.69) is 15.5 Å². The molecular weight excluding hydrogens is 312 g/mol. The number of hydrogen-bond acceptors (Lipinski definition) is 3. The summed E-state index contributed by atoms with van der Waals surface area (Å²) in [5, 5.41) is 11.4. The summed E-state index contributed by atoms with van der Waals surface area (Å²) in [4.78, 5) is 11.3. The lowest BCUT2D eigenvalue weighted by atomic mass is 10.1. The minimum Gasteiger partial charge on any atom is -0.326 e. The summed E-state index contributed by atoms with van der Waals surface area (Å²) in [7, 11) is 0. The molecule has 1 amide bonds. The summed E-state index contributed by atoms with van der Waals surface area (Å²) in [6.45, 7) is 1.50. The van der Waals surface area contributed by atoms with Gasteiger partial charge in [0, 0.05) is 24.4 Å². The fourth-order valence-corrected chi connectivity index (χ4v) is 2.83. The number of anilines is 1. The van der Waals surface area contributed by atoms with Crippen molar-refractivity contribution < 1.29 is 4.79 Å². The van der Waals surface area contributed by atoms with Crippen LogP contribution >= 0.6 is 0 Å². The molecule has 4 aromatic rings. The van der Waals surface area contributed by atoms with Crippen molar-refractivity contribution in [2.45, 2.75) is 6.92 Å². The largest absolute Gasteiger partial charge is 0.326 e. The molecule has 5 heteroatoms. The molecule has 0 aliphatic carbocycles. The molecule has 0 fully saturated rings. The van der Waals surface area contributed by atoms with Crippen LogP contribution in [0.4, 0.5) is 5.69 Å². The van der Waals surface area contributed by atoms with Crippen LogP contribution in [-0.2, 0) is 4.79 Å². The van der Waals surface area contributed by atoms with Crippen molar-refractivity contribution in [1.82, 2.24) is 14.6 Å². The number of aromatic nitrogens is 3. The van der Waals surface area contributed by atoms with E-state index >= 15 is 0 Å². The molecule has 0 bridgehead atoms. The van der Waals surface area contributed by atoms with Crippen molar-refractivity contribution in [2.24, 2.45) is 0 Å². The quantitative estimate of drug-likeness (QED) is 0.618. The highest BCUT2D eigenvalue weighted by Gasteiger charge is 2.09. The molecule has 0 atom stereocenters. The van der Waals surface area contributed by atoms with Crippen LogP contribution in [0.2, 0.25) is 0 Å². The van der Waals surface area contributed by atoms with Crippen LogP contribution in [0.25, 0.3) is 28.2 Å². The maximum absolute atomic E-state index is 11.3. The monoisotopic (exact) mass is 328 g/mol. The Kier molecular flexibility index (Phi) is 3.74. The predicted molar refractivity (Wildman–Crippen MR) is 98.2 cm³/mol. The van der Waals surface area contributed by atoms with Crippen LogP contribution < -0.4 is 5.32 Å². The first kappa shape index (κ1) is 15.1. The van der Waals surface area contributed by atoms with Crippen LogP contribution in [0.3, 0.4) is 0 Å². The van der Waals surface area contributed by atoms with Gasteiger partial charge in [0.2, 0.25) is 5.91 Å². The molecular formula is C20H16N4O. The zero-order valence-corrected chi connectivity index (χ0v) is 13.7. The molecule has 25 heavy (non-hydrogen) atoms. The van der Waals surface area contributed by atoms with Gasteiger partial charge in [-0.3, -0.25) is 9.20 Å². The highest BCUT2D eigenvalue weighted by atomic mass is 16.1. The van der Waals surface area contributed by atoms with Gasteiger partial charge in [0.1, 0.15) is 0 Å². The number of rotatable bonds is 3. The molecule has 2 aromatic heterocycles.